The highest BCUT2D eigenvalue weighted by molar-refractivity contribution is 5.95. The fourth-order valence-corrected chi connectivity index (χ4v) is 1.65. The highest BCUT2D eigenvalue weighted by Crippen LogP contribution is 2.13. The van der Waals surface area contributed by atoms with Gasteiger partial charge in [0.1, 0.15) is 12.4 Å². The molecule has 0 amide bonds. The number of ketones is 2. The smallest absolute Gasteiger partial charge is 0.306 e. The highest BCUT2D eigenvalue weighted by Gasteiger charge is 2.09. The third kappa shape index (κ3) is 6.21. The van der Waals surface area contributed by atoms with E-state index in [-0.39, 0.29) is 37.0 Å². The zero-order chi connectivity index (χ0) is 15.7. The predicted octanol–water partition coefficient (Wildman–Crippen LogP) is 2.57. The van der Waals surface area contributed by atoms with E-state index in [1.807, 2.05) is 0 Å². The van der Waals surface area contributed by atoms with Gasteiger partial charge in [-0.2, -0.15) is 0 Å². The van der Waals surface area contributed by atoms with E-state index in [2.05, 4.69) is 0 Å². The number of esters is 1. The quantitative estimate of drug-likeness (QED) is 0.517. The maximum absolute atomic E-state index is 11.6. The summed E-state index contributed by atoms with van der Waals surface area (Å²) in [4.78, 5) is 34.1. The minimum atomic E-state index is -0.381. The molecule has 1 aromatic rings. The van der Waals surface area contributed by atoms with Gasteiger partial charge in [0.25, 0.3) is 0 Å². The van der Waals surface area contributed by atoms with Gasteiger partial charge in [-0.05, 0) is 31.2 Å². The van der Waals surface area contributed by atoms with Gasteiger partial charge in [0, 0.05) is 18.4 Å². The molecule has 0 aliphatic carbocycles. The van der Waals surface area contributed by atoms with Gasteiger partial charge in [-0.15, -0.1) is 0 Å². The number of rotatable bonds is 9. The first kappa shape index (κ1) is 16.9. The van der Waals surface area contributed by atoms with Crippen molar-refractivity contribution < 1.29 is 23.9 Å². The lowest BCUT2D eigenvalue weighted by Crippen LogP contribution is -2.14. The van der Waals surface area contributed by atoms with Crippen molar-refractivity contribution in [1.82, 2.24) is 0 Å². The van der Waals surface area contributed by atoms with E-state index in [0.717, 1.165) is 0 Å². The van der Waals surface area contributed by atoms with Crippen LogP contribution in [-0.2, 0) is 14.3 Å². The Balaban J connectivity index is 2.36. The molecule has 0 heterocycles. The summed E-state index contributed by atoms with van der Waals surface area (Å²) >= 11 is 0. The molecular weight excluding hydrogens is 272 g/mol. The maximum Gasteiger partial charge on any atom is 0.306 e. The second kappa shape index (κ2) is 8.89. The van der Waals surface area contributed by atoms with Crippen LogP contribution in [0.25, 0.3) is 0 Å². The second-order valence-electron chi connectivity index (χ2n) is 4.43. The Morgan fingerprint density at radius 1 is 1.00 bits per heavy atom. The van der Waals surface area contributed by atoms with Crippen molar-refractivity contribution in [3.8, 4) is 5.75 Å². The molecule has 0 fully saturated rings. The Kier molecular flexibility index (Phi) is 7.15. The summed E-state index contributed by atoms with van der Waals surface area (Å²) in [5, 5.41) is 0. The first-order valence-corrected chi connectivity index (χ1v) is 7.00. The first-order valence-electron chi connectivity index (χ1n) is 7.00. The number of Topliss-reactive ketones (excluding diaryl/α,β-unsaturated/α-hetero) is 2. The SMILES string of the molecule is CCOC(=O)CCC(=O)COc1ccc(C(=O)CC)cc1. The Morgan fingerprint density at radius 3 is 2.24 bits per heavy atom. The van der Waals surface area contributed by atoms with E-state index in [0.29, 0.717) is 24.3 Å². The summed E-state index contributed by atoms with van der Waals surface area (Å²) < 4.78 is 10.1. The lowest BCUT2D eigenvalue weighted by atomic mass is 10.1. The summed E-state index contributed by atoms with van der Waals surface area (Å²) in [5.74, 6) is 0.0317. The molecule has 0 aliphatic rings. The molecule has 0 N–H and O–H groups in total. The molecule has 0 radical (unpaired) electrons. The molecule has 5 nitrogen and oxygen atoms in total. The van der Waals surface area contributed by atoms with Gasteiger partial charge in [-0.25, -0.2) is 0 Å². The lowest BCUT2D eigenvalue weighted by Gasteiger charge is -2.06. The standard InChI is InChI=1S/C16H20O5/c1-3-15(18)12-5-8-14(9-6-12)21-11-13(17)7-10-16(19)20-4-2/h5-6,8-9H,3-4,7,10-11H2,1-2H3. The molecule has 1 aromatic carbocycles. The number of hydrogen-bond acceptors (Lipinski definition) is 5. The second-order valence-corrected chi connectivity index (χ2v) is 4.43. The summed E-state index contributed by atoms with van der Waals surface area (Å²) in [6.45, 7) is 3.73. The molecular formula is C16H20O5. The molecule has 0 spiro atoms. The number of carbonyl (C=O) groups excluding carboxylic acids is 3. The summed E-state index contributed by atoms with van der Waals surface area (Å²) in [5.41, 5.74) is 0.624. The molecule has 0 saturated carbocycles. The topological polar surface area (TPSA) is 69.7 Å². The Hall–Kier alpha value is -2.17. The minimum absolute atomic E-state index is 0.0621. The number of hydrogen-bond donors (Lipinski definition) is 0. The lowest BCUT2D eigenvalue weighted by molar-refractivity contribution is -0.144. The van der Waals surface area contributed by atoms with Crippen LogP contribution in [0.15, 0.2) is 24.3 Å². The average Bonchev–Trinajstić information content (AvgIpc) is 2.51. The molecule has 0 unspecified atom stereocenters. The van der Waals surface area contributed by atoms with Crippen molar-refractivity contribution in [3.63, 3.8) is 0 Å². The van der Waals surface area contributed by atoms with Gasteiger partial charge in [-0.1, -0.05) is 6.92 Å². The van der Waals surface area contributed by atoms with E-state index in [1.165, 1.54) is 0 Å². The van der Waals surface area contributed by atoms with Crippen molar-refractivity contribution in [2.45, 2.75) is 33.1 Å². The molecule has 21 heavy (non-hydrogen) atoms. The first-order chi connectivity index (χ1) is 10.1. The average molecular weight is 292 g/mol. The van der Waals surface area contributed by atoms with Crippen LogP contribution in [0.4, 0.5) is 0 Å². The van der Waals surface area contributed by atoms with Crippen LogP contribution < -0.4 is 4.74 Å². The Labute approximate surface area is 124 Å². The highest BCUT2D eigenvalue weighted by atomic mass is 16.5. The zero-order valence-electron chi connectivity index (χ0n) is 12.4. The van der Waals surface area contributed by atoms with Crippen LogP contribution >= 0.6 is 0 Å². The van der Waals surface area contributed by atoms with Crippen LogP contribution in [0.5, 0.6) is 5.75 Å². The van der Waals surface area contributed by atoms with Crippen molar-refractivity contribution in [1.29, 1.82) is 0 Å². The van der Waals surface area contributed by atoms with Crippen molar-refractivity contribution in [3.05, 3.63) is 29.8 Å². The van der Waals surface area contributed by atoms with Gasteiger partial charge in [-0.3, -0.25) is 14.4 Å². The van der Waals surface area contributed by atoms with Crippen LogP contribution in [0.3, 0.4) is 0 Å². The van der Waals surface area contributed by atoms with Crippen LogP contribution in [0.2, 0.25) is 0 Å². The number of carbonyl (C=O) groups is 3. The molecule has 0 saturated heterocycles. The maximum atomic E-state index is 11.6. The fourth-order valence-electron chi connectivity index (χ4n) is 1.65. The van der Waals surface area contributed by atoms with Crippen molar-refractivity contribution >= 4 is 17.5 Å². The van der Waals surface area contributed by atoms with Gasteiger partial charge < -0.3 is 9.47 Å². The largest absolute Gasteiger partial charge is 0.486 e. The van der Waals surface area contributed by atoms with Crippen LogP contribution in [0.1, 0.15) is 43.5 Å². The van der Waals surface area contributed by atoms with E-state index in [1.54, 1.807) is 38.1 Å². The molecule has 0 aliphatic heterocycles. The van der Waals surface area contributed by atoms with Gasteiger partial charge in [0.05, 0.1) is 13.0 Å². The van der Waals surface area contributed by atoms with Gasteiger partial charge in [0.2, 0.25) is 0 Å². The normalized spacial score (nSPS) is 10.0. The number of ether oxygens (including phenoxy) is 2. The van der Waals surface area contributed by atoms with E-state index in [4.69, 9.17) is 9.47 Å². The fraction of sp³-hybridized carbons (Fsp3) is 0.438. The van der Waals surface area contributed by atoms with E-state index >= 15 is 0 Å². The van der Waals surface area contributed by atoms with Crippen molar-refractivity contribution in [2.24, 2.45) is 0 Å². The molecule has 114 valence electrons. The molecule has 5 heteroatoms. The van der Waals surface area contributed by atoms with Crippen molar-refractivity contribution in [2.75, 3.05) is 13.2 Å². The monoisotopic (exact) mass is 292 g/mol. The number of benzene rings is 1. The van der Waals surface area contributed by atoms with Crippen LogP contribution in [0, 0.1) is 0 Å². The molecule has 0 aromatic heterocycles. The summed E-state index contributed by atoms with van der Waals surface area (Å²) in [6.07, 6.45) is 0.623. The summed E-state index contributed by atoms with van der Waals surface area (Å²) in [7, 11) is 0. The molecule has 1 rings (SSSR count). The summed E-state index contributed by atoms with van der Waals surface area (Å²) in [6, 6.07) is 6.65. The molecule has 0 atom stereocenters. The molecule has 0 bridgehead atoms. The predicted molar refractivity (Wildman–Crippen MR) is 77.4 cm³/mol. The van der Waals surface area contributed by atoms with Gasteiger partial charge in [0.15, 0.2) is 11.6 Å². The van der Waals surface area contributed by atoms with Crippen LogP contribution in [-0.4, -0.2) is 30.7 Å². The van der Waals surface area contributed by atoms with E-state index < -0.39 is 0 Å². The third-order valence-electron chi connectivity index (χ3n) is 2.81. The van der Waals surface area contributed by atoms with Gasteiger partial charge >= 0.3 is 5.97 Å². The Morgan fingerprint density at radius 2 is 1.67 bits per heavy atom. The zero-order valence-corrected chi connectivity index (χ0v) is 12.4. The Bertz CT molecular complexity index is 490. The third-order valence-corrected chi connectivity index (χ3v) is 2.81. The minimum Gasteiger partial charge on any atom is -0.486 e. The van der Waals surface area contributed by atoms with E-state index in [9.17, 15) is 14.4 Å².